The highest BCUT2D eigenvalue weighted by Crippen LogP contribution is 2.29. The van der Waals surface area contributed by atoms with Crippen molar-refractivity contribution in [1.82, 2.24) is 19.5 Å². The number of benzene rings is 2. The fraction of sp³-hybridized carbons (Fsp3) is 0.0870. The molecule has 0 fully saturated rings. The molecule has 3 heterocycles. The number of rotatable bonds is 4. The van der Waals surface area contributed by atoms with Gasteiger partial charge in [0, 0.05) is 36.8 Å². The van der Waals surface area contributed by atoms with E-state index in [-0.39, 0.29) is 11.9 Å². The van der Waals surface area contributed by atoms with Crippen LogP contribution in [0.4, 0.5) is 0 Å². The molecule has 142 valence electrons. The van der Waals surface area contributed by atoms with Crippen LogP contribution in [0.1, 0.15) is 11.3 Å². The summed E-state index contributed by atoms with van der Waals surface area (Å²) in [5.74, 6) is 0.477. The SMILES string of the molecule is Cn1c(Cc2ccccc2)cc2ccc(Oc3nc(O)c4ccncc4n3)cc21. The van der Waals surface area contributed by atoms with E-state index < -0.39 is 0 Å². The maximum atomic E-state index is 10.1. The van der Waals surface area contributed by atoms with Crippen molar-refractivity contribution in [2.24, 2.45) is 7.05 Å². The number of aromatic nitrogens is 4. The summed E-state index contributed by atoms with van der Waals surface area (Å²) >= 11 is 0. The number of fused-ring (bicyclic) bond motifs is 2. The Bertz CT molecular complexity index is 1330. The monoisotopic (exact) mass is 382 g/mol. The fourth-order valence-corrected chi connectivity index (χ4v) is 3.50. The van der Waals surface area contributed by atoms with E-state index in [1.165, 1.54) is 11.3 Å². The molecule has 0 radical (unpaired) electrons. The maximum absolute atomic E-state index is 10.1. The summed E-state index contributed by atoms with van der Waals surface area (Å²) in [7, 11) is 2.05. The molecule has 0 atom stereocenters. The molecule has 0 saturated carbocycles. The predicted octanol–water partition coefficient (Wildman–Crippen LogP) is 4.61. The highest BCUT2D eigenvalue weighted by Gasteiger charge is 2.11. The molecule has 0 unspecified atom stereocenters. The Balaban J connectivity index is 1.48. The maximum Gasteiger partial charge on any atom is 0.325 e. The zero-order chi connectivity index (χ0) is 19.8. The lowest BCUT2D eigenvalue weighted by molar-refractivity contribution is 0.412. The van der Waals surface area contributed by atoms with E-state index in [0.29, 0.717) is 16.7 Å². The molecule has 0 saturated heterocycles. The van der Waals surface area contributed by atoms with Crippen LogP contribution in [0, 0.1) is 0 Å². The van der Waals surface area contributed by atoms with E-state index in [1.807, 2.05) is 24.3 Å². The van der Waals surface area contributed by atoms with Crippen molar-refractivity contribution in [1.29, 1.82) is 0 Å². The third-order valence-corrected chi connectivity index (χ3v) is 5.01. The first-order chi connectivity index (χ1) is 14.2. The minimum atomic E-state index is -0.127. The minimum absolute atomic E-state index is 0.0843. The van der Waals surface area contributed by atoms with Gasteiger partial charge in [0.05, 0.1) is 22.6 Å². The molecule has 6 heteroatoms. The van der Waals surface area contributed by atoms with Gasteiger partial charge in [0.15, 0.2) is 0 Å². The van der Waals surface area contributed by atoms with Gasteiger partial charge in [-0.05, 0) is 29.8 Å². The molecule has 5 aromatic rings. The van der Waals surface area contributed by atoms with Crippen LogP contribution in [-0.2, 0) is 13.5 Å². The Morgan fingerprint density at radius 1 is 1.00 bits per heavy atom. The normalized spacial score (nSPS) is 11.2. The van der Waals surface area contributed by atoms with Gasteiger partial charge in [-0.2, -0.15) is 9.97 Å². The standard InChI is InChI=1S/C23H18N4O2/c1-27-17(11-15-5-3-2-4-6-15)12-16-7-8-18(13-21(16)27)29-23-25-20-14-24-10-9-19(20)22(28)26-23/h2-10,12-14H,11H2,1H3,(H,25,26,28). The average Bonchev–Trinajstić information content (AvgIpc) is 3.04. The summed E-state index contributed by atoms with van der Waals surface area (Å²) in [5, 5.41) is 11.8. The van der Waals surface area contributed by atoms with Crippen LogP contribution < -0.4 is 4.74 Å². The Hall–Kier alpha value is -3.93. The predicted molar refractivity (Wildman–Crippen MR) is 111 cm³/mol. The third-order valence-electron chi connectivity index (χ3n) is 5.01. The molecule has 1 N–H and O–H groups in total. The van der Waals surface area contributed by atoms with E-state index in [9.17, 15) is 5.11 Å². The number of aromatic hydroxyl groups is 1. The fourth-order valence-electron chi connectivity index (χ4n) is 3.50. The van der Waals surface area contributed by atoms with Crippen molar-refractivity contribution in [3.8, 4) is 17.6 Å². The molecule has 29 heavy (non-hydrogen) atoms. The highest BCUT2D eigenvalue weighted by molar-refractivity contribution is 5.83. The summed E-state index contributed by atoms with van der Waals surface area (Å²) in [6.45, 7) is 0. The molecular formula is C23H18N4O2. The summed E-state index contributed by atoms with van der Waals surface area (Å²) in [4.78, 5) is 12.4. The molecule has 0 bridgehead atoms. The van der Waals surface area contributed by atoms with Crippen LogP contribution in [0.3, 0.4) is 0 Å². The van der Waals surface area contributed by atoms with Gasteiger partial charge >= 0.3 is 6.01 Å². The van der Waals surface area contributed by atoms with E-state index >= 15 is 0 Å². The van der Waals surface area contributed by atoms with E-state index in [2.05, 4.69) is 56.9 Å². The first kappa shape index (κ1) is 17.2. The molecule has 0 aliphatic rings. The Morgan fingerprint density at radius 3 is 2.72 bits per heavy atom. The molecular weight excluding hydrogens is 364 g/mol. The zero-order valence-electron chi connectivity index (χ0n) is 15.8. The Kier molecular flexibility index (Phi) is 4.09. The van der Waals surface area contributed by atoms with Gasteiger partial charge in [-0.1, -0.05) is 30.3 Å². The van der Waals surface area contributed by atoms with Crippen molar-refractivity contribution in [3.63, 3.8) is 0 Å². The Morgan fingerprint density at radius 2 is 1.86 bits per heavy atom. The topological polar surface area (TPSA) is 73.1 Å². The van der Waals surface area contributed by atoms with E-state index in [0.717, 1.165) is 17.3 Å². The highest BCUT2D eigenvalue weighted by atomic mass is 16.5. The molecule has 2 aromatic carbocycles. The minimum Gasteiger partial charge on any atom is -0.493 e. The van der Waals surface area contributed by atoms with E-state index in [4.69, 9.17) is 4.74 Å². The largest absolute Gasteiger partial charge is 0.493 e. The van der Waals surface area contributed by atoms with Crippen molar-refractivity contribution in [2.45, 2.75) is 6.42 Å². The molecule has 6 nitrogen and oxygen atoms in total. The lowest BCUT2D eigenvalue weighted by Crippen LogP contribution is -1.97. The molecule has 0 amide bonds. The van der Waals surface area contributed by atoms with Gasteiger partial charge in [0.2, 0.25) is 5.88 Å². The van der Waals surface area contributed by atoms with Gasteiger partial charge in [-0.15, -0.1) is 0 Å². The summed E-state index contributed by atoms with van der Waals surface area (Å²) in [5.41, 5.74) is 4.07. The number of nitrogens with zero attached hydrogens (tertiary/aromatic N) is 4. The van der Waals surface area contributed by atoms with Gasteiger partial charge in [-0.3, -0.25) is 4.98 Å². The van der Waals surface area contributed by atoms with Gasteiger partial charge in [0.25, 0.3) is 0 Å². The number of pyridine rings is 1. The number of aryl methyl sites for hydroxylation is 1. The second-order valence-corrected chi connectivity index (χ2v) is 6.90. The van der Waals surface area contributed by atoms with Gasteiger partial charge in [0.1, 0.15) is 5.75 Å². The smallest absolute Gasteiger partial charge is 0.325 e. The lowest BCUT2D eigenvalue weighted by atomic mass is 10.1. The number of hydrogen-bond donors (Lipinski definition) is 1. The van der Waals surface area contributed by atoms with Crippen LogP contribution in [0.2, 0.25) is 0 Å². The molecule has 0 aliphatic carbocycles. The average molecular weight is 382 g/mol. The van der Waals surface area contributed by atoms with Crippen molar-refractivity contribution < 1.29 is 9.84 Å². The first-order valence-corrected chi connectivity index (χ1v) is 9.28. The van der Waals surface area contributed by atoms with Gasteiger partial charge < -0.3 is 14.4 Å². The van der Waals surface area contributed by atoms with Crippen LogP contribution in [-0.4, -0.2) is 24.6 Å². The van der Waals surface area contributed by atoms with E-state index in [1.54, 1.807) is 18.5 Å². The number of hydrogen-bond acceptors (Lipinski definition) is 5. The Labute approximate surface area is 167 Å². The quantitative estimate of drug-likeness (QED) is 0.492. The molecule has 0 aliphatic heterocycles. The lowest BCUT2D eigenvalue weighted by Gasteiger charge is -2.07. The zero-order valence-corrected chi connectivity index (χ0v) is 15.8. The second-order valence-electron chi connectivity index (χ2n) is 6.90. The number of ether oxygens (including phenoxy) is 1. The first-order valence-electron chi connectivity index (χ1n) is 9.28. The molecule has 3 aromatic heterocycles. The summed E-state index contributed by atoms with van der Waals surface area (Å²) in [6, 6.07) is 20.2. The van der Waals surface area contributed by atoms with Crippen molar-refractivity contribution in [2.75, 3.05) is 0 Å². The second kappa shape index (κ2) is 6.91. The van der Waals surface area contributed by atoms with Gasteiger partial charge in [-0.25, -0.2) is 0 Å². The van der Waals surface area contributed by atoms with Crippen LogP contribution in [0.25, 0.3) is 21.8 Å². The molecule has 0 spiro atoms. The van der Waals surface area contributed by atoms with Crippen LogP contribution in [0.15, 0.2) is 73.1 Å². The third kappa shape index (κ3) is 3.25. The van der Waals surface area contributed by atoms with Crippen LogP contribution >= 0.6 is 0 Å². The molecule has 5 rings (SSSR count). The summed E-state index contributed by atoms with van der Waals surface area (Å²) in [6.07, 6.45) is 4.01. The van der Waals surface area contributed by atoms with Crippen molar-refractivity contribution >= 4 is 21.8 Å². The van der Waals surface area contributed by atoms with Crippen LogP contribution in [0.5, 0.6) is 17.6 Å². The van der Waals surface area contributed by atoms with Crippen molar-refractivity contribution in [3.05, 3.63) is 84.3 Å². The summed E-state index contributed by atoms with van der Waals surface area (Å²) < 4.78 is 8.00.